The number of rotatable bonds is 5. The summed E-state index contributed by atoms with van der Waals surface area (Å²) in [5.41, 5.74) is 3.36. The Morgan fingerprint density at radius 2 is 1.79 bits per heavy atom. The number of benzene rings is 3. The van der Waals surface area contributed by atoms with Gasteiger partial charge in [-0.25, -0.2) is 8.78 Å². The predicted molar refractivity (Wildman–Crippen MR) is 110 cm³/mol. The van der Waals surface area contributed by atoms with Gasteiger partial charge >= 0.3 is 0 Å². The minimum Gasteiger partial charge on any atom is -0.355 e. The van der Waals surface area contributed by atoms with Gasteiger partial charge < -0.3 is 15.6 Å². The van der Waals surface area contributed by atoms with E-state index in [9.17, 15) is 13.6 Å². The first-order valence-electron chi connectivity index (χ1n) is 9.30. The number of carbonyl (C=O) groups excluding carboxylic acids is 1. The summed E-state index contributed by atoms with van der Waals surface area (Å²) in [6.45, 7) is 0. The molecular formula is C23H19F2N3O. The molecule has 0 aromatic heterocycles. The molecule has 1 heterocycles. The van der Waals surface area contributed by atoms with Gasteiger partial charge in [0.25, 0.3) is 0 Å². The lowest BCUT2D eigenvalue weighted by Gasteiger charge is -2.26. The van der Waals surface area contributed by atoms with Gasteiger partial charge in [-0.1, -0.05) is 12.1 Å². The monoisotopic (exact) mass is 391 g/mol. The summed E-state index contributed by atoms with van der Waals surface area (Å²) in [7, 11) is 0. The normalized spacial score (nSPS) is 16.1. The van der Waals surface area contributed by atoms with Crippen LogP contribution >= 0.6 is 0 Å². The third-order valence-corrected chi connectivity index (χ3v) is 5.04. The Labute approximate surface area is 167 Å². The second-order valence-electron chi connectivity index (χ2n) is 6.92. The van der Waals surface area contributed by atoms with Crippen molar-refractivity contribution in [3.8, 4) is 0 Å². The first kappa shape index (κ1) is 18.8. The molecule has 6 heteroatoms. The Bertz CT molecular complexity index is 1070. The summed E-state index contributed by atoms with van der Waals surface area (Å²) in [5, 5.41) is 10.9. The van der Waals surface area contributed by atoms with Crippen molar-refractivity contribution >= 4 is 29.2 Å². The Kier molecular flexibility index (Phi) is 5.08. The minimum absolute atomic E-state index is 0.0329. The molecule has 0 radical (unpaired) electrons. The van der Waals surface area contributed by atoms with E-state index in [0.29, 0.717) is 35.5 Å². The van der Waals surface area contributed by atoms with E-state index < -0.39 is 0 Å². The van der Waals surface area contributed by atoms with Crippen molar-refractivity contribution in [3.63, 3.8) is 0 Å². The lowest BCUT2D eigenvalue weighted by Crippen LogP contribution is -2.27. The van der Waals surface area contributed by atoms with Crippen molar-refractivity contribution in [2.24, 2.45) is 0 Å². The van der Waals surface area contributed by atoms with E-state index in [-0.39, 0.29) is 23.6 Å². The molecule has 1 aliphatic rings. The quantitative estimate of drug-likeness (QED) is 0.558. The molecular weight excluding hydrogens is 372 g/mol. The summed E-state index contributed by atoms with van der Waals surface area (Å²) in [6.07, 6.45) is 2.20. The minimum atomic E-state index is -0.333. The standard InChI is InChI=1S/C23H19F2N3O/c24-17-4-6-19(7-5-17)27-21-9-8-20(13-16(21)14-26)28-22(10-11-23(28)29)15-2-1-3-18(25)12-15/h1-9,12-14,22,26-27H,10-11H2/t22-/m0/s1. The van der Waals surface area contributed by atoms with Crippen LogP contribution < -0.4 is 10.2 Å². The van der Waals surface area contributed by atoms with Crippen molar-refractivity contribution in [2.75, 3.05) is 10.2 Å². The lowest BCUT2D eigenvalue weighted by molar-refractivity contribution is -0.117. The molecule has 4 rings (SSSR count). The molecule has 0 aliphatic carbocycles. The van der Waals surface area contributed by atoms with E-state index in [0.717, 1.165) is 5.56 Å². The molecule has 1 aliphatic heterocycles. The van der Waals surface area contributed by atoms with Crippen LogP contribution in [0.2, 0.25) is 0 Å². The van der Waals surface area contributed by atoms with Gasteiger partial charge in [0, 0.05) is 35.3 Å². The number of nitrogens with zero attached hydrogens (tertiary/aromatic N) is 1. The molecule has 146 valence electrons. The van der Waals surface area contributed by atoms with Crippen LogP contribution in [0.3, 0.4) is 0 Å². The number of hydrogen-bond acceptors (Lipinski definition) is 3. The molecule has 0 bridgehead atoms. The summed E-state index contributed by atoms with van der Waals surface area (Å²) in [6, 6.07) is 17.3. The Hall–Kier alpha value is -3.54. The van der Waals surface area contributed by atoms with Crippen LogP contribution in [0, 0.1) is 17.0 Å². The zero-order chi connectivity index (χ0) is 20.4. The van der Waals surface area contributed by atoms with Gasteiger partial charge in [0.1, 0.15) is 11.6 Å². The Morgan fingerprint density at radius 3 is 2.52 bits per heavy atom. The highest BCUT2D eigenvalue weighted by Crippen LogP contribution is 2.38. The second kappa shape index (κ2) is 7.83. The van der Waals surface area contributed by atoms with Crippen LogP contribution in [-0.2, 0) is 4.79 Å². The molecule has 1 fully saturated rings. The number of amides is 1. The molecule has 3 aromatic carbocycles. The van der Waals surface area contributed by atoms with Crippen LogP contribution in [0.4, 0.5) is 25.8 Å². The van der Waals surface area contributed by atoms with Crippen molar-refractivity contribution in [1.29, 1.82) is 5.41 Å². The lowest BCUT2D eigenvalue weighted by atomic mass is 10.0. The molecule has 2 N–H and O–H groups in total. The number of halogens is 2. The largest absolute Gasteiger partial charge is 0.355 e. The molecule has 4 nitrogen and oxygen atoms in total. The van der Waals surface area contributed by atoms with Gasteiger partial charge in [-0.05, 0) is 66.6 Å². The molecule has 0 unspecified atom stereocenters. The van der Waals surface area contributed by atoms with E-state index in [1.807, 2.05) is 6.07 Å². The Morgan fingerprint density at radius 1 is 1.00 bits per heavy atom. The van der Waals surface area contributed by atoms with Crippen molar-refractivity contribution in [3.05, 3.63) is 89.5 Å². The SMILES string of the molecule is N=Cc1cc(N2C(=O)CC[C@H]2c2cccc(F)c2)ccc1Nc1ccc(F)cc1. The summed E-state index contributed by atoms with van der Waals surface area (Å²) in [4.78, 5) is 14.2. The highest BCUT2D eigenvalue weighted by molar-refractivity contribution is 5.98. The Balaban J connectivity index is 1.66. The van der Waals surface area contributed by atoms with Gasteiger partial charge in [0.15, 0.2) is 0 Å². The average molecular weight is 391 g/mol. The topological polar surface area (TPSA) is 56.2 Å². The van der Waals surface area contributed by atoms with Gasteiger partial charge in [-0.2, -0.15) is 0 Å². The van der Waals surface area contributed by atoms with Gasteiger partial charge in [0.05, 0.1) is 6.04 Å². The predicted octanol–water partition coefficient (Wildman–Crippen LogP) is 5.57. The summed E-state index contributed by atoms with van der Waals surface area (Å²) >= 11 is 0. The summed E-state index contributed by atoms with van der Waals surface area (Å²) in [5.74, 6) is -0.690. The molecule has 1 amide bonds. The number of nitrogens with one attached hydrogen (secondary N) is 2. The highest BCUT2D eigenvalue weighted by atomic mass is 19.1. The zero-order valence-corrected chi connectivity index (χ0v) is 15.5. The van der Waals surface area contributed by atoms with E-state index in [1.165, 1.54) is 30.5 Å². The third kappa shape index (κ3) is 3.87. The maximum atomic E-state index is 13.7. The molecule has 29 heavy (non-hydrogen) atoms. The van der Waals surface area contributed by atoms with Gasteiger partial charge in [-0.3, -0.25) is 4.79 Å². The van der Waals surface area contributed by atoms with E-state index in [2.05, 4.69) is 5.32 Å². The van der Waals surface area contributed by atoms with Crippen molar-refractivity contribution in [1.82, 2.24) is 0 Å². The molecule has 1 saturated heterocycles. The van der Waals surface area contributed by atoms with Crippen LogP contribution in [0.5, 0.6) is 0 Å². The first-order chi connectivity index (χ1) is 14.0. The number of hydrogen-bond donors (Lipinski definition) is 2. The number of carbonyl (C=O) groups is 1. The van der Waals surface area contributed by atoms with Gasteiger partial charge in [0.2, 0.25) is 5.91 Å². The molecule has 3 aromatic rings. The van der Waals surface area contributed by atoms with Crippen molar-refractivity contribution in [2.45, 2.75) is 18.9 Å². The summed E-state index contributed by atoms with van der Waals surface area (Å²) < 4.78 is 26.8. The van der Waals surface area contributed by atoms with Crippen LogP contribution in [0.15, 0.2) is 66.7 Å². The fourth-order valence-electron chi connectivity index (χ4n) is 3.66. The third-order valence-electron chi connectivity index (χ3n) is 5.04. The maximum absolute atomic E-state index is 13.7. The van der Waals surface area contributed by atoms with Crippen molar-refractivity contribution < 1.29 is 13.6 Å². The van der Waals surface area contributed by atoms with E-state index >= 15 is 0 Å². The molecule has 1 atom stereocenters. The van der Waals surface area contributed by atoms with Crippen LogP contribution in [0.1, 0.15) is 30.0 Å². The smallest absolute Gasteiger partial charge is 0.227 e. The van der Waals surface area contributed by atoms with E-state index in [1.54, 1.807) is 41.3 Å². The molecule has 0 saturated carbocycles. The maximum Gasteiger partial charge on any atom is 0.227 e. The molecule has 0 spiro atoms. The number of anilines is 3. The highest BCUT2D eigenvalue weighted by Gasteiger charge is 2.33. The fraction of sp³-hybridized carbons (Fsp3) is 0.130. The van der Waals surface area contributed by atoms with E-state index in [4.69, 9.17) is 5.41 Å². The fourth-order valence-corrected chi connectivity index (χ4v) is 3.66. The average Bonchev–Trinajstić information content (AvgIpc) is 3.11. The second-order valence-corrected chi connectivity index (χ2v) is 6.92. The van der Waals surface area contributed by atoms with Gasteiger partial charge in [-0.15, -0.1) is 0 Å². The van der Waals surface area contributed by atoms with Crippen LogP contribution in [-0.4, -0.2) is 12.1 Å². The van der Waals surface area contributed by atoms with Crippen LogP contribution in [0.25, 0.3) is 0 Å². The zero-order valence-electron chi connectivity index (χ0n) is 15.5. The first-order valence-corrected chi connectivity index (χ1v) is 9.30.